The Morgan fingerprint density at radius 1 is 1.23 bits per heavy atom. The van der Waals surface area contributed by atoms with Gasteiger partial charge in [0.25, 0.3) is 0 Å². The molecule has 0 radical (unpaired) electrons. The van der Waals surface area contributed by atoms with E-state index in [0.717, 1.165) is 50.5 Å². The van der Waals surface area contributed by atoms with E-state index in [0.29, 0.717) is 24.2 Å². The van der Waals surface area contributed by atoms with Crippen molar-refractivity contribution in [2.75, 3.05) is 26.2 Å². The first-order valence-electron chi connectivity index (χ1n) is 9.63. The lowest BCUT2D eigenvalue weighted by Gasteiger charge is -2.34. The molecule has 3 heterocycles. The summed E-state index contributed by atoms with van der Waals surface area (Å²) >= 11 is 1.62. The van der Waals surface area contributed by atoms with Crippen LogP contribution in [0, 0.1) is 5.92 Å². The Balaban J connectivity index is 1.21. The second kappa shape index (κ2) is 8.31. The number of hydrogen-bond donors (Lipinski definition) is 0. The number of rotatable bonds is 6. The second-order valence-corrected chi connectivity index (χ2v) is 8.15. The van der Waals surface area contributed by atoms with Crippen LogP contribution in [0.1, 0.15) is 44.4 Å². The summed E-state index contributed by atoms with van der Waals surface area (Å²) in [5, 5.41) is 8.09. The maximum absolute atomic E-state index is 12.4. The summed E-state index contributed by atoms with van der Waals surface area (Å²) in [5.74, 6) is 2.42. The Morgan fingerprint density at radius 2 is 2.04 bits per heavy atom. The highest BCUT2D eigenvalue weighted by molar-refractivity contribution is 7.08. The first-order chi connectivity index (χ1) is 12.8. The third-order valence-electron chi connectivity index (χ3n) is 5.57. The molecule has 2 aromatic heterocycles. The molecule has 6 nitrogen and oxygen atoms in total. The summed E-state index contributed by atoms with van der Waals surface area (Å²) in [6, 6.07) is 2.00. The largest absolute Gasteiger partial charge is 0.340 e. The predicted octanol–water partition coefficient (Wildman–Crippen LogP) is 3.41. The summed E-state index contributed by atoms with van der Waals surface area (Å²) < 4.78 is 5.38. The molecule has 2 aliphatic rings. The van der Waals surface area contributed by atoms with Gasteiger partial charge in [-0.2, -0.15) is 16.3 Å². The minimum Gasteiger partial charge on any atom is -0.340 e. The van der Waals surface area contributed by atoms with Gasteiger partial charge in [0.05, 0.1) is 6.54 Å². The molecule has 0 aromatic carbocycles. The minimum atomic E-state index is 0.328. The molecule has 140 valence electrons. The Morgan fingerprint density at radius 3 is 2.77 bits per heavy atom. The molecule has 1 aliphatic carbocycles. The Kier molecular flexibility index (Phi) is 5.65. The molecule has 0 bridgehead atoms. The van der Waals surface area contributed by atoms with E-state index in [1.165, 1.54) is 25.7 Å². The van der Waals surface area contributed by atoms with Crippen LogP contribution in [-0.4, -0.2) is 52.0 Å². The van der Waals surface area contributed by atoms with Crippen LogP contribution in [0.5, 0.6) is 0 Å². The zero-order chi connectivity index (χ0) is 17.8. The van der Waals surface area contributed by atoms with Crippen molar-refractivity contribution in [1.29, 1.82) is 0 Å². The third kappa shape index (κ3) is 4.32. The lowest BCUT2D eigenvalue weighted by atomic mass is 10.0. The first-order valence-corrected chi connectivity index (χ1v) is 10.6. The Bertz CT molecular complexity index is 701. The van der Waals surface area contributed by atoms with Crippen LogP contribution in [0.25, 0.3) is 11.4 Å². The zero-order valence-electron chi connectivity index (χ0n) is 15.1. The van der Waals surface area contributed by atoms with Crippen LogP contribution in [0.15, 0.2) is 21.3 Å². The van der Waals surface area contributed by atoms with Crippen LogP contribution < -0.4 is 0 Å². The number of amides is 1. The van der Waals surface area contributed by atoms with Gasteiger partial charge < -0.3 is 9.42 Å². The fraction of sp³-hybridized carbons (Fsp3) is 0.632. The highest BCUT2D eigenvalue weighted by Crippen LogP contribution is 2.28. The molecule has 0 N–H and O–H groups in total. The average molecular weight is 375 g/mol. The molecule has 2 fully saturated rings. The van der Waals surface area contributed by atoms with Gasteiger partial charge in [-0.1, -0.05) is 30.8 Å². The van der Waals surface area contributed by atoms with Gasteiger partial charge in [0, 0.05) is 43.5 Å². The van der Waals surface area contributed by atoms with Crippen molar-refractivity contribution in [3.05, 3.63) is 22.7 Å². The van der Waals surface area contributed by atoms with Crippen LogP contribution in [0.4, 0.5) is 0 Å². The number of hydrogen-bond acceptors (Lipinski definition) is 6. The van der Waals surface area contributed by atoms with Crippen molar-refractivity contribution in [3.63, 3.8) is 0 Å². The van der Waals surface area contributed by atoms with Crippen molar-refractivity contribution in [1.82, 2.24) is 19.9 Å². The molecule has 1 aliphatic heterocycles. The van der Waals surface area contributed by atoms with Gasteiger partial charge in [-0.05, 0) is 23.8 Å². The van der Waals surface area contributed by atoms with Gasteiger partial charge in [-0.25, -0.2) is 0 Å². The molecule has 1 saturated heterocycles. The van der Waals surface area contributed by atoms with Crippen molar-refractivity contribution in [3.8, 4) is 11.4 Å². The van der Waals surface area contributed by atoms with E-state index in [1.54, 1.807) is 11.3 Å². The van der Waals surface area contributed by atoms with E-state index >= 15 is 0 Å². The molecule has 4 rings (SSSR count). The number of piperazine rings is 1. The van der Waals surface area contributed by atoms with Gasteiger partial charge in [-0.15, -0.1) is 0 Å². The molecule has 7 heteroatoms. The minimum absolute atomic E-state index is 0.328. The maximum atomic E-state index is 12.4. The monoisotopic (exact) mass is 374 g/mol. The summed E-state index contributed by atoms with van der Waals surface area (Å²) in [6.07, 6.45) is 7.13. The van der Waals surface area contributed by atoms with Crippen LogP contribution >= 0.6 is 11.3 Å². The fourth-order valence-electron chi connectivity index (χ4n) is 3.96. The lowest BCUT2D eigenvalue weighted by molar-refractivity contribution is -0.133. The fourth-order valence-corrected chi connectivity index (χ4v) is 4.59. The first kappa shape index (κ1) is 17.7. The quantitative estimate of drug-likeness (QED) is 0.775. The smallest absolute Gasteiger partial charge is 0.241 e. The number of thiophene rings is 1. The SMILES string of the molecule is O=C(CCC1CCCC1)N1CCN(Cc2nc(-c3ccsc3)no2)CC1. The average Bonchev–Trinajstić information content (AvgIpc) is 3.41. The number of nitrogens with zero attached hydrogens (tertiary/aromatic N) is 4. The lowest BCUT2D eigenvalue weighted by Crippen LogP contribution is -2.48. The third-order valence-corrected chi connectivity index (χ3v) is 6.26. The Hall–Kier alpha value is -1.73. The maximum Gasteiger partial charge on any atom is 0.241 e. The summed E-state index contributed by atoms with van der Waals surface area (Å²) in [5.41, 5.74) is 1.00. The highest BCUT2D eigenvalue weighted by atomic mass is 32.1. The number of carbonyl (C=O) groups is 1. The normalized spacial score (nSPS) is 19.3. The molecule has 0 atom stereocenters. The van der Waals surface area contributed by atoms with Crippen molar-refractivity contribution in [2.45, 2.75) is 45.1 Å². The Labute approximate surface area is 158 Å². The van der Waals surface area contributed by atoms with Crippen molar-refractivity contribution < 1.29 is 9.32 Å². The summed E-state index contributed by atoms with van der Waals surface area (Å²) in [6.45, 7) is 3.99. The van der Waals surface area contributed by atoms with Gasteiger partial charge in [-0.3, -0.25) is 9.69 Å². The number of carbonyl (C=O) groups excluding carboxylic acids is 1. The van der Waals surface area contributed by atoms with Crippen molar-refractivity contribution in [2.24, 2.45) is 5.92 Å². The molecule has 2 aromatic rings. The van der Waals surface area contributed by atoms with Crippen LogP contribution in [0.3, 0.4) is 0 Å². The van der Waals surface area contributed by atoms with E-state index in [9.17, 15) is 4.79 Å². The topological polar surface area (TPSA) is 62.5 Å². The molecular weight excluding hydrogens is 348 g/mol. The molecular formula is C19H26N4O2S. The molecule has 26 heavy (non-hydrogen) atoms. The molecule has 0 spiro atoms. The van der Waals surface area contributed by atoms with E-state index in [2.05, 4.69) is 15.0 Å². The highest BCUT2D eigenvalue weighted by Gasteiger charge is 2.24. The van der Waals surface area contributed by atoms with E-state index in [4.69, 9.17) is 4.52 Å². The van der Waals surface area contributed by atoms with Crippen LogP contribution in [0.2, 0.25) is 0 Å². The summed E-state index contributed by atoms with van der Waals surface area (Å²) in [4.78, 5) is 21.2. The van der Waals surface area contributed by atoms with Gasteiger partial charge in [0.15, 0.2) is 0 Å². The standard InChI is InChI=1S/C19H26N4O2S/c24-18(6-5-15-3-1-2-4-15)23-10-8-22(9-11-23)13-17-20-19(21-25-17)16-7-12-26-14-16/h7,12,14-15H,1-6,8-11,13H2. The van der Waals surface area contributed by atoms with E-state index in [1.807, 2.05) is 21.7 Å². The molecule has 1 amide bonds. The van der Waals surface area contributed by atoms with Crippen molar-refractivity contribution >= 4 is 17.2 Å². The summed E-state index contributed by atoms with van der Waals surface area (Å²) in [7, 11) is 0. The van der Waals surface area contributed by atoms with Gasteiger partial charge in [0.2, 0.25) is 17.6 Å². The van der Waals surface area contributed by atoms with Gasteiger partial charge >= 0.3 is 0 Å². The van der Waals surface area contributed by atoms with E-state index in [-0.39, 0.29) is 0 Å². The predicted molar refractivity (Wildman–Crippen MR) is 101 cm³/mol. The zero-order valence-corrected chi connectivity index (χ0v) is 15.9. The molecule has 0 unspecified atom stereocenters. The van der Waals surface area contributed by atoms with E-state index < -0.39 is 0 Å². The van der Waals surface area contributed by atoms with Gasteiger partial charge in [0.1, 0.15) is 0 Å². The number of aromatic nitrogens is 2. The second-order valence-electron chi connectivity index (χ2n) is 7.37. The molecule has 1 saturated carbocycles. The van der Waals surface area contributed by atoms with Crippen LogP contribution in [-0.2, 0) is 11.3 Å².